The van der Waals surface area contributed by atoms with Crippen LogP contribution < -0.4 is 0 Å². The molecular formula is C18H17ClINO2. The van der Waals surface area contributed by atoms with Crippen molar-refractivity contribution in [2.24, 2.45) is 0 Å². The van der Waals surface area contributed by atoms with Crippen LogP contribution in [0.5, 0.6) is 0 Å². The van der Waals surface area contributed by atoms with Gasteiger partial charge in [0.25, 0.3) is 5.91 Å². The molecule has 1 amide bonds. The lowest BCUT2D eigenvalue weighted by molar-refractivity contribution is -0.0692. The highest BCUT2D eigenvalue weighted by Crippen LogP contribution is 2.27. The molecule has 2 aromatic rings. The molecule has 3 rings (SSSR count). The number of morpholine rings is 1. The van der Waals surface area contributed by atoms with E-state index in [-0.39, 0.29) is 18.1 Å². The minimum atomic E-state index is -0.0890. The van der Waals surface area contributed by atoms with E-state index in [4.69, 9.17) is 16.3 Å². The van der Waals surface area contributed by atoms with Crippen LogP contribution in [0.3, 0.4) is 0 Å². The van der Waals surface area contributed by atoms with Crippen LogP contribution in [0.1, 0.15) is 28.9 Å². The van der Waals surface area contributed by atoms with Crippen molar-refractivity contribution >= 4 is 40.1 Å². The van der Waals surface area contributed by atoms with Gasteiger partial charge in [-0.2, -0.15) is 0 Å². The highest BCUT2D eigenvalue weighted by molar-refractivity contribution is 14.1. The summed E-state index contributed by atoms with van der Waals surface area (Å²) in [7, 11) is 0. The summed E-state index contributed by atoms with van der Waals surface area (Å²) in [5.74, 6) is 0.0298. The third-order valence-corrected chi connectivity index (χ3v) is 5.01. The lowest BCUT2D eigenvalue weighted by atomic mass is 10.1. The fourth-order valence-corrected chi connectivity index (χ4v) is 3.90. The third kappa shape index (κ3) is 3.87. The smallest absolute Gasteiger partial charge is 0.255 e. The molecule has 120 valence electrons. The summed E-state index contributed by atoms with van der Waals surface area (Å²) in [5, 5.41) is 0.642. The Labute approximate surface area is 154 Å². The Morgan fingerprint density at radius 1 is 1.22 bits per heavy atom. The molecule has 1 fully saturated rings. The summed E-state index contributed by atoms with van der Waals surface area (Å²) >= 11 is 8.14. The van der Waals surface area contributed by atoms with Crippen LogP contribution in [0.4, 0.5) is 0 Å². The van der Waals surface area contributed by atoms with Crippen LogP contribution in [0, 0.1) is 3.57 Å². The van der Waals surface area contributed by atoms with Gasteiger partial charge < -0.3 is 9.64 Å². The van der Waals surface area contributed by atoms with Crippen molar-refractivity contribution in [1.82, 2.24) is 4.90 Å². The maximum atomic E-state index is 12.9. The average molecular weight is 442 g/mol. The summed E-state index contributed by atoms with van der Waals surface area (Å²) in [6.45, 7) is 3.16. The van der Waals surface area contributed by atoms with Crippen molar-refractivity contribution < 1.29 is 9.53 Å². The molecular weight excluding hydrogens is 425 g/mol. The number of halogens is 2. The van der Waals surface area contributed by atoms with Gasteiger partial charge in [-0.1, -0.05) is 41.9 Å². The van der Waals surface area contributed by atoms with Crippen LogP contribution >= 0.6 is 34.2 Å². The van der Waals surface area contributed by atoms with Gasteiger partial charge in [0.2, 0.25) is 0 Å². The van der Waals surface area contributed by atoms with Crippen molar-refractivity contribution in [3.05, 3.63) is 68.3 Å². The number of nitrogens with zero attached hydrogens (tertiary/aromatic N) is 1. The minimum absolute atomic E-state index is 0.00266. The maximum absolute atomic E-state index is 12.9. The van der Waals surface area contributed by atoms with Gasteiger partial charge >= 0.3 is 0 Å². The summed E-state index contributed by atoms with van der Waals surface area (Å²) in [6, 6.07) is 15.4. The van der Waals surface area contributed by atoms with Crippen LogP contribution in [-0.2, 0) is 4.74 Å². The molecule has 0 spiro atoms. The van der Waals surface area contributed by atoms with Crippen molar-refractivity contribution in [2.75, 3.05) is 13.1 Å². The molecule has 2 aromatic carbocycles. The molecule has 1 heterocycles. The molecule has 0 aromatic heterocycles. The van der Waals surface area contributed by atoms with E-state index in [1.807, 2.05) is 48.2 Å². The maximum Gasteiger partial charge on any atom is 0.255 e. The van der Waals surface area contributed by atoms with E-state index >= 15 is 0 Å². The minimum Gasteiger partial charge on any atom is -0.367 e. The Balaban J connectivity index is 1.83. The van der Waals surface area contributed by atoms with E-state index in [1.54, 1.807) is 12.1 Å². The molecule has 5 heteroatoms. The molecule has 1 saturated heterocycles. The Morgan fingerprint density at radius 2 is 1.96 bits per heavy atom. The lowest BCUT2D eigenvalue weighted by Gasteiger charge is -2.37. The van der Waals surface area contributed by atoms with Gasteiger partial charge in [-0.05, 0) is 53.3 Å². The molecule has 0 saturated carbocycles. The quantitative estimate of drug-likeness (QED) is 0.640. The standard InChI is InChI=1S/C18H17ClINO2/c1-12-10-21(11-17(23-12)13-5-3-2-4-6-13)18(22)15-8-7-14(19)9-16(15)20/h2-9,12,17H,10-11H2,1H3. The van der Waals surface area contributed by atoms with Gasteiger partial charge in [-0.3, -0.25) is 4.79 Å². The van der Waals surface area contributed by atoms with E-state index in [1.165, 1.54) is 0 Å². The number of hydrogen-bond donors (Lipinski definition) is 0. The number of carbonyl (C=O) groups excluding carboxylic acids is 1. The van der Waals surface area contributed by atoms with Crippen molar-refractivity contribution in [2.45, 2.75) is 19.1 Å². The zero-order valence-electron chi connectivity index (χ0n) is 12.7. The molecule has 1 aliphatic rings. The zero-order chi connectivity index (χ0) is 16.4. The van der Waals surface area contributed by atoms with E-state index < -0.39 is 0 Å². The summed E-state index contributed by atoms with van der Waals surface area (Å²) < 4.78 is 6.89. The highest BCUT2D eigenvalue weighted by atomic mass is 127. The van der Waals surface area contributed by atoms with Gasteiger partial charge in [0.15, 0.2) is 0 Å². The first kappa shape index (κ1) is 16.7. The Bertz CT molecular complexity index is 707. The Kier molecular flexibility index (Phi) is 5.24. The van der Waals surface area contributed by atoms with Crippen molar-refractivity contribution in [3.63, 3.8) is 0 Å². The normalized spacial score (nSPS) is 21.3. The van der Waals surface area contributed by atoms with Gasteiger partial charge in [0, 0.05) is 15.1 Å². The third-order valence-electron chi connectivity index (χ3n) is 3.88. The van der Waals surface area contributed by atoms with Gasteiger partial charge in [0.1, 0.15) is 6.10 Å². The van der Waals surface area contributed by atoms with Crippen LogP contribution in [0.15, 0.2) is 48.5 Å². The number of rotatable bonds is 2. The van der Waals surface area contributed by atoms with Crippen molar-refractivity contribution in [1.29, 1.82) is 0 Å². The first-order chi connectivity index (χ1) is 11.0. The first-order valence-corrected chi connectivity index (χ1v) is 8.95. The monoisotopic (exact) mass is 441 g/mol. The summed E-state index contributed by atoms with van der Waals surface area (Å²) in [4.78, 5) is 14.7. The second-order valence-electron chi connectivity index (χ2n) is 5.68. The van der Waals surface area contributed by atoms with Crippen LogP contribution in [0.2, 0.25) is 5.02 Å². The van der Waals surface area contributed by atoms with E-state index in [2.05, 4.69) is 22.6 Å². The fraction of sp³-hybridized carbons (Fsp3) is 0.278. The van der Waals surface area contributed by atoms with Crippen LogP contribution in [0.25, 0.3) is 0 Å². The average Bonchev–Trinajstić information content (AvgIpc) is 2.54. The number of hydrogen-bond acceptors (Lipinski definition) is 2. The number of carbonyl (C=O) groups is 1. The van der Waals surface area contributed by atoms with Gasteiger partial charge in [-0.15, -0.1) is 0 Å². The molecule has 0 N–H and O–H groups in total. The molecule has 1 aliphatic heterocycles. The molecule has 23 heavy (non-hydrogen) atoms. The fourth-order valence-electron chi connectivity index (χ4n) is 2.80. The second-order valence-corrected chi connectivity index (χ2v) is 7.28. The highest BCUT2D eigenvalue weighted by Gasteiger charge is 2.30. The van der Waals surface area contributed by atoms with Gasteiger partial charge in [-0.25, -0.2) is 0 Å². The Morgan fingerprint density at radius 3 is 2.65 bits per heavy atom. The first-order valence-electron chi connectivity index (χ1n) is 7.49. The zero-order valence-corrected chi connectivity index (χ0v) is 15.6. The number of amides is 1. The van der Waals surface area contributed by atoms with Crippen molar-refractivity contribution in [3.8, 4) is 0 Å². The molecule has 3 nitrogen and oxygen atoms in total. The summed E-state index contributed by atoms with van der Waals surface area (Å²) in [5.41, 5.74) is 1.79. The predicted molar refractivity (Wildman–Crippen MR) is 99.8 cm³/mol. The molecule has 2 atom stereocenters. The summed E-state index contributed by atoms with van der Waals surface area (Å²) in [6.07, 6.45) is -0.0864. The van der Waals surface area contributed by atoms with E-state index in [9.17, 15) is 4.79 Å². The molecule has 0 bridgehead atoms. The van der Waals surface area contributed by atoms with E-state index in [0.717, 1.165) is 9.13 Å². The number of ether oxygens (including phenoxy) is 1. The lowest BCUT2D eigenvalue weighted by Crippen LogP contribution is -2.46. The largest absolute Gasteiger partial charge is 0.367 e. The number of benzene rings is 2. The molecule has 0 radical (unpaired) electrons. The predicted octanol–water partition coefficient (Wildman–Crippen LogP) is 4.55. The topological polar surface area (TPSA) is 29.5 Å². The molecule has 0 aliphatic carbocycles. The van der Waals surface area contributed by atoms with Gasteiger partial charge in [0.05, 0.1) is 18.2 Å². The molecule has 2 unspecified atom stereocenters. The second kappa shape index (κ2) is 7.20. The Hall–Kier alpha value is -1.11. The van der Waals surface area contributed by atoms with E-state index in [0.29, 0.717) is 23.7 Å². The SMILES string of the molecule is CC1CN(C(=O)c2ccc(Cl)cc2I)CC(c2ccccc2)O1. The van der Waals surface area contributed by atoms with Crippen LogP contribution in [-0.4, -0.2) is 30.0 Å².